The number of rotatable bonds is 1. The van der Waals surface area contributed by atoms with E-state index in [1.54, 1.807) is 0 Å². The van der Waals surface area contributed by atoms with E-state index in [1.807, 2.05) is 24.5 Å². The van der Waals surface area contributed by atoms with E-state index < -0.39 is 5.97 Å². The number of aromatic carboxylic acids is 1. The van der Waals surface area contributed by atoms with Crippen LogP contribution in [0.1, 0.15) is 10.4 Å². The standard InChI is InChI=1S/C6H4ClNO2.C4H5N/c7-5-2-1-4(3-8-5)6(9)10;1-2-4-5-3-1/h1-3H,(H,9,10);1-5H. The number of halogens is 1. The monoisotopic (exact) mass is 224 g/mol. The summed E-state index contributed by atoms with van der Waals surface area (Å²) in [5.74, 6) is -0.996. The fraction of sp³-hybridized carbons (Fsp3) is 0. The van der Waals surface area contributed by atoms with Gasteiger partial charge in [0.15, 0.2) is 0 Å². The molecular formula is C10H9ClN2O2. The highest BCUT2D eigenvalue weighted by atomic mass is 35.5. The molecule has 0 aliphatic heterocycles. The molecule has 2 heterocycles. The molecule has 0 aliphatic rings. The Labute approximate surface area is 91.5 Å². The van der Waals surface area contributed by atoms with E-state index in [-0.39, 0.29) is 5.56 Å². The number of aromatic nitrogens is 2. The highest BCUT2D eigenvalue weighted by molar-refractivity contribution is 6.29. The number of carbonyl (C=O) groups is 1. The average Bonchev–Trinajstić information content (AvgIpc) is 2.76. The van der Waals surface area contributed by atoms with Gasteiger partial charge in [-0.05, 0) is 24.3 Å². The molecule has 0 saturated heterocycles. The first-order valence-corrected chi connectivity index (χ1v) is 4.50. The van der Waals surface area contributed by atoms with E-state index in [1.165, 1.54) is 18.3 Å². The average molecular weight is 225 g/mol. The molecule has 5 heteroatoms. The summed E-state index contributed by atoms with van der Waals surface area (Å²) in [4.78, 5) is 16.7. The summed E-state index contributed by atoms with van der Waals surface area (Å²) in [6.07, 6.45) is 4.96. The lowest BCUT2D eigenvalue weighted by molar-refractivity contribution is 0.0696. The van der Waals surface area contributed by atoms with Gasteiger partial charge in [-0.2, -0.15) is 0 Å². The second kappa shape index (κ2) is 5.82. The maximum Gasteiger partial charge on any atom is 0.337 e. The maximum atomic E-state index is 10.2. The zero-order valence-electron chi connectivity index (χ0n) is 7.72. The van der Waals surface area contributed by atoms with Crippen LogP contribution in [0.4, 0.5) is 0 Å². The normalized spacial score (nSPS) is 8.87. The second-order valence-electron chi connectivity index (χ2n) is 2.56. The number of carboxylic acid groups (broad SMARTS) is 1. The Morgan fingerprint density at radius 3 is 2.33 bits per heavy atom. The minimum absolute atomic E-state index is 0.143. The molecule has 2 aromatic heterocycles. The predicted molar refractivity (Wildman–Crippen MR) is 57.0 cm³/mol. The van der Waals surface area contributed by atoms with Crippen LogP contribution < -0.4 is 0 Å². The van der Waals surface area contributed by atoms with Gasteiger partial charge in [0.2, 0.25) is 0 Å². The molecule has 0 bridgehead atoms. The van der Waals surface area contributed by atoms with Crippen LogP contribution in [0.15, 0.2) is 42.9 Å². The first-order chi connectivity index (χ1) is 7.20. The van der Waals surface area contributed by atoms with Gasteiger partial charge >= 0.3 is 5.97 Å². The number of hydrogen-bond acceptors (Lipinski definition) is 2. The number of hydrogen-bond donors (Lipinski definition) is 2. The molecule has 15 heavy (non-hydrogen) atoms. The third-order valence-electron chi connectivity index (χ3n) is 1.47. The van der Waals surface area contributed by atoms with Gasteiger partial charge in [0.05, 0.1) is 5.56 Å². The molecule has 0 spiro atoms. The Balaban J connectivity index is 0.000000187. The van der Waals surface area contributed by atoms with E-state index in [4.69, 9.17) is 16.7 Å². The largest absolute Gasteiger partial charge is 0.478 e. The number of H-pyrrole nitrogens is 1. The van der Waals surface area contributed by atoms with Gasteiger partial charge in [0.1, 0.15) is 5.15 Å². The van der Waals surface area contributed by atoms with Gasteiger partial charge < -0.3 is 10.1 Å². The van der Waals surface area contributed by atoms with Crippen LogP contribution in [0.5, 0.6) is 0 Å². The van der Waals surface area contributed by atoms with Crippen molar-refractivity contribution in [3.8, 4) is 0 Å². The van der Waals surface area contributed by atoms with Crippen LogP contribution in [0, 0.1) is 0 Å². The third-order valence-corrected chi connectivity index (χ3v) is 1.69. The number of nitrogens with zero attached hydrogens (tertiary/aromatic N) is 1. The lowest BCUT2D eigenvalue weighted by Gasteiger charge is -1.90. The van der Waals surface area contributed by atoms with E-state index in [0.29, 0.717) is 5.15 Å². The van der Waals surface area contributed by atoms with Gasteiger partial charge in [0.25, 0.3) is 0 Å². The van der Waals surface area contributed by atoms with Crippen LogP contribution in [-0.2, 0) is 0 Å². The molecule has 4 nitrogen and oxygen atoms in total. The molecule has 2 aromatic rings. The van der Waals surface area contributed by atoms with Gasteiger partial charge in [-0.15, -0.1) is 0 Å². The van der Waals surface area contributed by atoms with Crippen molar-refractivity contribution in [1.29, 1.82) is 0 Å². The molecule has 78 valence electrons. The van der Waals surface area contributed by atoms with E-state index in [9.17, 15) is 4.79 Å². The second-order valence-corrected chi connectivity index (χ2v) is 2.95. The third kappa shape index (κ3) is 4.28. The van der Waals surface area contributed by atoms with Crippen molar-refractivity contribution < 1.29 is 9.90 Å². The topological polar surface area (TPSA) is 66.0 Å². The van der Waals surface area contributed by atoms with Crippen molar-refractivity contribution in [3.05, 3.63) is 53.6 Å². The highest BCUT2D eigenvalue weighted by Gasteiger charge is 2.00. The van der Waals surface area contributed by atoms with E-state index in [2.05, 4.69) is 9.97 Å². The quantitative estimate of drug-likeness (QED) is 0.732. The SMILES string of the molecule is O=C(O)c1ccc(Cl)nc1.c1cc[nH]c1. The van der Waals surface area contributed by atoms with E-state index >= 15 is 0 Å². The van der Waals surface area contributed by atoms with Crippen LogP contribution >= 0.6 is 11.6 Å². The van der Waals surface area contributed by atoms with Crippen molar-refractivity contribution >= 4 is 17.6 Å². The molecule has 0 aliphatic carbocycles. The lowest BCUT2D eigenvalue weighted by Crippen LogP contribution is -1.95. The Morgan fingerprint density at radius 1 is 1.33 bits per heavy atom. The summed E-state index contributed by atoms with van der Waals surface area (Å²) in [6, 6.07) is 6.72. The Kier molecular flexibility index (Phi) is 4.37. The first-order valence-electron chi connectivity index (χ1n) is 4.13. The fourth-order valence-corrected chi connectivity index (χ4v) is 0.892. The smallest absolute Gasteiger partial charge is 0.337 e. The molecule has 0 unspecified atom stereocenters. The van der Waals surface area contributed by atoms with Gasteiger partial charge in [-0.3, -0.25) is 0 Å². The molecule has 0 atom stereocenters. The Hall–Kier alpha value is -1.81. The number of aromatic amines is 1. The van der Waals surface area contributed by atoms with Gasteiger partial charge in [-0.1, -0.05) is 11.6 Å². The van der Waals surface area contributed by atoms with Crippen LogP contribution in [0.25, 0.3) is 0 Å². The lowest BCUT2D eigenvalue weighted by atomic mass is 10.3. The van der Waals surface area contributed by atoms with Crippen LogP contribution in [-0.4, -0.2) is 21.0 Å². The summed E-state index contributed by atoms with van der Waals surface area (Å²) >= 11 is 5.41. The van der Waals surface area contributed by atoms with Crippen molar-refractivity contribution in [3.63, 3.8) is 0 Å². The molecule has 0 fully saturated rings. The molecule has 2 rings (SSSR count). The number of pyridine rings is 1. The van der Waals surface area contributed by atoms with Crippen molar-refractivity contribution in [2.75, 3.05) is 0 Å². The maximum absolute atomic E-state index is 10.2. The predicted octanol–water partition coefficient (Wildman–Crippen LogP) is 2.45. The molecule has 0 amide bonds. The Morgan fingerprint density at radius 2 is 2.00 bits per heavy atom. The van der Waals surface area contributed by atoms with Gasteiger partial charge in [0, 0.05) is 18.6 Å². The summed E-state index contributed by atoms with van der Waals surface area (Å²) < 4.78 is 0. The summed E-state index contributed by atoms with van der Waals surface area (Å²) in [7, 11) is 0. The fourth-order valence-electron chi connectivity index (χ4n) is 0.780. The highest BCUT2D eigenvalue weighted by Crippen LogP contribution is 2.04. The zero-order chi connectivity index (χ0) is 11.1. The minimum Gasteiger partial charge on any atom is -0.478 e. The number of nitrogens with one attached hydrogen (secondary N) is 1. The van der Waals surface area contributed by atoms with Crippen LogP contribution in [0.3, 0.4) is 0 Å². The molecular weight excluding hydrogens is 216 g/mol. The molecule has 0 saturated carbocycles. The summed E-state index contributed by atoms with van der Waals surface area (Å²) in [5.41, 5.74) is 0.143. The molecule has 0 radical (unpaired) electrons. The summed E-state index contributed by atoms with van der Waals surface area (Å²) in [6.45, 7) is 0. The first kappa shape index (κ1) is 11.3. The van der Waals surface area contributed by atoms with Crippen molar-refractivity contribution in [2.45, 2.75) is 0 Å². The molecule has 0 aromatic carbocycles. The number of carboxylic acids is 1. The minimum atomic E-state index is -0.996. The summed E-state index contributed by atoms with van der Waals surface area (Å²) in [5, 5.41) is 8.69. The van der Waals surface area contributed by atoms with Crippen molar-refractivity contribution in [1.82, 2.24) is 9.97 Å². The van der Waals surface area contributed by atoms with E-state index in [0.717, 1.165) is 0 Å². The van der Waals surface area contributed by atoms with Gasteiger partial charge in [-0.25, -0.2) is 9.78 Å². The van der Waals surface area contributed by atoms with Crippen molar-refractivity contribution in [2.24, 2.45) is 0 Å². The van der Waals surface area contributed by atoms with Crippen LogP contribution in [0.2, 0.25) is 5.15 Å². The molecule has 2 N–H and O–H groups in total. The zero-order valence-corrected chi connectivity index (χ0v) is 8.48. The Bertz CT molecular complexity index is 381.